The van der Waals surface area contributed by atoms with Gasteiger partial charge in [-0.3, -0.25) is 4.90 Å². The first-order valence-corrected chi connectivity index (χ1v) is 5.47. The van der Waals surface area contributed by atoms with Crippen molar-refractivity contribution >= 4 is 0 Å². The van der Waals surface area contributed by atoms with Gasteiger partial charge < -0.3 is 14.8 Å². The van der Waals surface area contributed by atoms with E-state index in [-0.39, 0.29) is 0 Å². The minimum atomic E-state index is 0.388. The summed E-state index contributed by atoms with van der Waals surface area (Å²) in [5.74, 6) is 0. The molecule has 2 fully saturated rings. The molecule has 2 atom stereocenters. The summed E-state index contributed by atoms with van der Waals surface area (Å²) in [6.07, 6.45) is 2.69. The molecule has 1 N–H and O–H groups in total. The van der Waals surface area contributed by atoms with E-state index in [1.165, 1.54) is 13.0 Å². The smallest absolute Gasteiger partial charge is 0.147 e. The second-order valence-corrected chi connectivity index (χ2v) is 4.14. The number of likely N-dealkylation sites (N-methyl/N-ethyl adjacent to an activating group) is 1. The summed E-state index contributed by atoms with van der Waals surface area (Å²) < 4.78 is 10.7. The first kappa shape index (κ1) is 10.4. The highest BCUT2D eigenvalue weighted by Crippen LogP contribution is 2.13. The van der Waals surface area contributed by atoms with Crippen molar-refractivity contribution in [3.05, 3.63) is 0 Å². The normalized spacial score (nSPS) is 34.9. The number of hydrogen-bond acceptors (Lipinski definition) is 4. The van der Waals surface area contributed by atoms with Crippen LogP contribution in [0.15, 0.2) is 0 Å². The lowest BCUT2D eigenvalue weighted by molar-refractivity contribution is -0.143. The van der Waals surface area contributed by atoms with Crippen LogP contribution in [0.5, 0.6) is 0 Å². The molecule has 4 nitrogen and oxygen atoms in total. The quantitative estimate of drug-likeness (QED) is 0.697. The van der Waals surface area contributed by atoms with E-state index >= 15 is 0 Å². The van der Waals surface area contributed by atoms with Gasteiger partial charge in [-0.2, -0.15) is 0 Å². The number of likely N-dealkylation sites (tertiary alicyclic amines) is 1. The Kier molecular flexibility index (Phi) is 3.75. The topological polar surface area (TPSA) is 33.7 Å². The van der Waals surface area contributed by atoms with Crippen molar-refractivity contribution in [1.82, 2.24) is 10.2 Å². The predicted molar refractivity (Wildman–Crippen MR) is 54.2 cm³/mol. The SMILES string of the molecule is CNC1CCN(CC2CCOCO2)C1. The summed E-state index contributed by atoms with van der Waals surface area (Å²) in [4.78, 5) is 2.48. The van der Waals surface area contributed by atoms with Crippen molar-refractivity contribution in [1.29, 1.82) is 0 Å². The highest BCUT2D eigenvalue weighted by molar-refractivity contribution is 4.81. The molecule has 2 unspecified atom stereocenters. The largest absolute Gasteiger partial charge is 0.355 e. The van der Waals surface area contributed by atoms with Gasteiger partial charge in [0.05, 0.1) is 12.7 Å². The van der Waals surface area contributed by atoms with Gasteiger partial charge in [-0.15, -0.1) is 0 Å². The molecule has 0 aromatic carbocycles. The summed E-state index contributed by atoms with van der Waals surface area (Å²) in [5.41, 5.74) is 0. The Bertz CT molecular complexity index is 172. The minimum absolute atomic E-state index is 0.388. The molecule has 2 heterocycles. The van der Waals surface area contributed by atoms with Crippen LogP contribution >= 0.6 is 0 Å². The number of nitrogens with one attached hydrogen (secondary N) is 1. The number of ether oxygens (including phenoxy) is 2. The molecule has 0 aromatic rings. The van der Waals surface area contributed by atoms with Gasteiger partial charge in [0, 0.05) is 19.1 Å². The fraction of sp³-hybridized carbons (Fsp3) is 1.00. The Morgan fingerprint density at radius 3 is 3.00 bits per heavy atom. The molecule has 4 heteroatoms. The van der Waals surface area contributed by atoms with Gasteiger partial charge in [-0.1, -0.05) is 0 Å². The molecule has 0 radical (unpaired) electrons. The van der Waals surface area contributed by atoms with E-state index in [1.54, 1.807) is 0 Å². The van der Waals surface area contributed by atoms with Crippen LogP contribution in [0.25, 0.3) is 0 Å². The second kappa shape index (κ2) is 5.07. The zero-order valence-corrected chi connectivity index (χ0v) is 8.87. The van der Waals surface area contributed by atoms with Gasteiger partial charge in [0.25, 0.3) is 0 Å². The fourth-order valence-corrected chi connectivity index (χ4v) is 2.17. The Balaban J connectivity index is 1.69. The van der Waals surface area contributed by atoms with Gasteiger partial charge in [-0.05, 0) is 26.4 Å². The number of nitrogens with zero attached hydrogens (tertiary/aromatic N) is 1. The summed E-state index contributed by atoms with van der Waals surface area (Å²) in [5, 5.41) is 3.32. The van der Waals surface area contributed by atoms with Crippen molar-refractivity contribution in [3.63, 3.8) is 0 Å². The Hall–Kier alpha value is -0.160. The van der Waals surface area contributed by atoms with Gasteiger partial charge in [0.2, 0.25) is 0 Å². The highest BCUT2D eigenvalue weighted by Gasteiger charge is 2.24. The van der Waals surface area contributed by atoms with Crippen molar-refractivity contribution in [2.45, 2.75) is 25.0 Å². The number of rotatable bonds is 3. The van der Waals surface area contributed by atoms with E-state index < -0.39 is 0 Å². The van der Waals surface area contributed by atoms with Crippen molar-refractivity contribution < 1.29 is 9.47 Å². The third kappa shape index (κ3) is 2.67. The molecule has 0 aliphatic carbocycles. The molecule has 2 aliphatic heterocycles. The molecule has 2 rings (SSSR count). The van der Waals surface area contributed by atoms with E-state index in [0.717, 1.165) is 26.1 Å². The van der Waals surface area contributed by atoms with Gasteiger partial charge in [0.1, 0.15) is 6.79 Å². The van der Waals surface area contributed by atoms with Crippen molar-refractivity contribution in [3.8, 4) is 0 Å². The zero-order chi connectivity index (χ0) is 9.80. The summed E-state index contributed by atoms with van der Waals surface area (Å²) >= 11 is 0. The van der Waals surface area contributed by atoms with E-state index in [1.807, 2.05) is 7.05 Å². The summed E-state index contributed by atoms with van der Waals surface area (Å²) in [6.45, 7) is 4.77. The second-order valence-electron chi connectivity index (χ2n) is 4.14. The standard InChI is InChI=1S/C10H20N2O2/c1-11-9-2-4-12(6-9)7-10-3-5-13-8-14-10/h9-11H,2-8H2,1H3. The average Bonchev–Trinajstić information content (AvgIpc) is 2.67. The Labute approximate surface area is 85.5 Å². The van der Waals surface area contributed by atoms with Crippen LogP contribution in [-0.4, -0.2) is 57.1 Å². The molecule has 0 saturated carbocycles. The minimum Gasteiger partial charge on any atom is -0.355 e. The van der Waals surface area contributed by atoms with E-state index in [9.17, 15) is 0 Å². The van der Waals surface area contributed by atoms with Crippen LogP contribution < -0.4 is 5.32 Å². The van der Waals surface area contributed by atoms with Crippen LogP contribution in [0.1, 0.15) is 12.8 Å². The predicted octanol–water partition coefficient (Wildman–Crippen LogP) is 0.0431. The molecule has 0 aromatic heterocycles. The summed E-state index contributed by atoms with van der Waals surface area (Å²) in [6, 6.07) is 0.676. The van der Waals surface area contributed by atoms with Gasteiger partial charge in [0.15, 0.2) is 0 Å². The van der Waals surface area contributed by atoms with Crippen LogP contribution in [0.4, 0.5) is 0 Å². The highest BCUT2D eigenvalue weighted by atomic mass is 16.7. The molecular weight excluding hydrogens is 180 g/mol. The van der Waals surface area contributed by atoms with E-state index in [0.29, 0.717) is 18.9 Å². The molecule has 0 spiro atoms. The Morgan fingerprint density at radius 2 is 2.36 bits per heavy atom. The van der Waals surface area contributed by atoms with Crippen LogP contribution in [0.2, 0.25) is 0 Å². The van der Waals surface area contributed by atoms with Gasteiger partial charge in [-0.25, -0.2) is 0 Å². The molecule has 2 aliphatic rings. The average molecular weight is 200 g/mol. The molecule has 82 valence electrons. The van der Waals surface area contributed by atoms with Crippen molar-refractivity contribution in [2.24, 2.45) is 0 Å². The maximum Gasteiger partial charge on any atom is 0.147 e. The van der Waals surface area contributed by atoms with Crippen LogP contribution in [-0.2, 0) is 9.47 Å². The zero-order valence-electron chi connectivity index (χ0n) is 8.87. The lowest BCUT2D eigenvalue weighted by Crippen LogP contribution is -2.37. The lowest BCUT2D eigenvalue weighted by Gasteiger charge is -2.27. The Morgan fingerprint density at radius 1 is 1.43 bits per heavy atom. The first-order chi connectivity index (χ1) is 6.88. The first-order valence-electron chi connectivity index (χ1n) is 5.47. The van der Waals surface area contributed by atoms with E-state index in [4.69, 9.17) is 9.47 Å². The lowest BCUT2D eigenvalue weighted by atomic mass is 10.2. The van der Waals surface area contributed by atoms with E-state index in [2.05, 4.69) is 10.2 Å². The maximum absolute atomic E-state index is 5.52. The fourth-order valence-electron chi connectivity index (χ4n) is 2.17. The van der Waals surface area contributed by atoms with Gasteiger partial charge >= 0.3 is 0 Å². The van der Waals surface area contributed by atoms with Crippen LogP contribution in [0.3, 0.4) is 0 Å². The third-order valence-corrected chi connectivity index (χ3v) is 3.11. The van der Waals surface area contributed by atoms with Crippen molar-refractivity contribution in [2.75, 3.05) is 40.1 Å². The van der Waals surface area contributed by atoms with Crippen LogP contribution in [0, 0.1) is 0 Å². The third-order valence-electron chi connectivity index (χ3n) is 3.11. The molecule has 0 amide bonds. The summed E-state index contributed by atoms with van der Waals surface area (Å²) in [7, 11) is 2.04. The molecule has 0 bridgehead atoms. The molecular formula is C10H20N2O2. The number of hydrogen-bond donors (Lipinski definition) is 1. The monoisotopic (exact) mass is 200 g/mol. The molecule has 14 heavy (non-hydrogen) atoms. The maximum atomic E-state index is 5.52. The molecule has 2 saturated heterocycles.